The van der Waals surface area contributed by atoms with E-state index in [9.17, 15) is 0 Å². The Balaban J connectivity index is 0.000000219. The third-order valence-electron chi connectivity index (χ3n) is 10.5. The van der Waals surface area contributed by atoms with Gasteiger partial charge in [0.15, 0.2) is 0 Å². The summed E-state index contributed by atoms with van der Waals surface area (Å²) in [6, 6.07) is 82.7. The van der Waals surface area contributed by atoms with Crippen molar-refractivity contribution in [2.45, 2.75) is 13.8 Å². The number of pyridine rings is 2. The summed E-state index contributed by atoms with van der Waals surface area (Å²) in [7, 11) is -0.417. The van der Waals surface area contributed by atoms with Gasteiger partial charge in [0.2, 0.25) is 0 Å². The van der Waals surface area contributed by atoms with Crippen LogP contribution in [-0.2, 0) is 20.1 Å². The number of aromatic nitrogens is 2. The summed E-state index contributed by atoms with van der Waals surface area (Å²) < 4.78 is 17.0. The Morgan fingerprint density at radius 3 is 1.47 bits per heavy atom. The summed E-state index contributed by atoms with van der Waals surface area (Å²) >= 11 is 1.47. The second-order valence-corrected chi connectivity index (χ2v) is 15.4. The average molecular weight is 1070 g/mol. The topological polar surface area (TPSA) is 41.5 Å². The third kappa shape index (κ3) is 12.6. The first-order valence-corrected chi connectivity index (χ1v) is 21.8. The molecule has 0 aliphatic heterocycles. The van der Waals surface area contributed by atoms with Crippen molar-refractivity contribution in [3.8, 4) is 28.1 Å². The van der Waals surface area contributed by atoms with Crippen molar-refractivity contribution >= 4 is 71.4 Å². The molecule has 0 aliphatic rings. The predicted molar refractivity (Wildman–Crippen MR) is 280 cm³/mol. The van der Waals surface area contributed by atoms with Gasteiger partial charge < -0.3 is 18.6 Å². The van der Waals surface area contributed by atoms with E-state index in [1.165, 1.54) is 38.9 Å². The fourth-order valence-corrected chi connectivity index (χ4v) is 7.69. The number of fused-ring (bicyclic) bond motifs is 1. The number of aryl methyl sites for hydroxylation is 2. The molecule has 1 atom stereocenters. The largest absolute Gasteiger partial charge is 0.649 e. The van der Waals surface area contributed by atoms with Crippen molar-refractivity contribution in [1.82, 2.24) is 9.97 Å². The second-order valence-electron chi connectivity index (χ2n) is 15.1. The van der Waals surface area contributed by atoms with Crippen molar-refractivity contribution in [3.05, 3.63) is 260 Å². The Bertz CT molecular complexity index is 2860. The maximum Gasteiger partial charge on any atom is 0.494 e. The van der Waals surface area contributed by atoms with Gasteiger partial charge in [0, 0.05) is 72.0 Å². The number of nitrogens with zero attached hydrogens (tertiary/aromatic N) is 4. The van der Waals surface area contributed by atoms with Crippen LogP contribution in [0.2, 0.25) is 0 Å². The smallest absolute Gasteiger partial charge is 0.494 e. The SMILES string of the molecule is Cc1cccc(N(c2ccccc2)c2ccc(-c3ccc(N(c4ccccc4)c4cccc(C)c4)cc3)cc2)c1.[2H]P[3H].[AlH][O]c1cccc2cccnc12.[Ir].[c-]1ccccc1-c1ccccn1. The molecule has 2 radical (unpaired) electrons. The first-order valence-electron chi connectivity index (χ1n) is 22.2. The minimum Gasteiger partial charge on any atom is -0.649 e. The first-order chi connectivity index (χ1) is 32.9. The van der Waals surface area contributed by atoms with Gasteiger partial charge in [0.1, 0.15) is 11.3 Å². The Hall–Kier alpha value is -6.67. The predicted octanol–water partition coefficient (Wildman–Crippen LogP) is 14.9. The minimum absolute atomic E-state index is 0. The van der Waals surface area contributed by atoms with Gasteiger partial charge in [0.25, 0.3) is 0 Å². The van der Waals surface area contributed by atoms with Gasteiger partial charge in [-0.3, -0.25) is 4.98 Å². The standard InChI is InChI=1S/C38H32N2.C11H8N.C9H7NO.Al.Ir.H3P.H/c1-29-11-9-17-37(27-29)39(33-13-5-3-6-14-33)35-23-19-31(20-24-35)32-21-25-36(26-22-32)40(34-15-7-4-8-16-34)38-18-10-12-30(2)28-38;1-2-6-10(7-3-1)11-8-4-5-9-12-11;11-8-5-1-3-7-4-2-6-10-9(7)8;;;;/h3-28H,1-2H3;1-6,8-9H;1-6,11H;;;1H3;/q;-1;;+1;;;/p-1/i;;;;;1TD;. The normalized spacial score (nSPS) is 10.6. The van der Waals surface area contributed by atoms with Gasteiger partial charge in [0.05, 0.1) is 2.56 Å². The van der Waals surface area contributed by atoms with Gasteiger partial charge in [-0.1, -0.05) is 115 Å². The van der Waals surface area contributed by atoms with Crippen LogP contribution in [-0.4, -0.2) is 29.1 Å². The van der Waals surface area contributed by atoms with E-state index in [1.807, 2.05) is 72.8 Å². The maximum atomic E-state index is 5.90. The molecule has 1 unspecified atom stereocenters. The van der Waals surface area contributed by atoms with Crippen LogP contribution in [0.5, 0.6) is 5.75 Å². The zero-order valence-electron chi connectivity index (χ0n) is 38.8. The van der Waals surface area contributed by atoms with E-state index in [2.05, 4.69) is 197 Å². The molecule has 0 bridgehead atoms. The Labute approximate surface area is 417 Å². The molecule has 66 heavy (non-hydrogen) atoms. The molecule has 2 heterocycles. The fraction of sp³-hybridized carbons (Fsp3) is 0.0345. The minimum atomic E-state index is -0.417. The van der Waals surface area contributed by atoms with E-state index in [4.69, 9.17) is 6.35 Å². The fourth-order valence-electron chi connectivity index (χ4n) is 7.46. The van der Waals surface area contributed by atoms with Gasteiger partial charge in [-0.05, 0) is 133 Å². The Kier molecular flexibility index (Phi) is 17.1. The molecule has 2 aromatic heterocycles. The molecule has 5 nitrogen and oxygen atoms in total. The van der Waals surface area contributed by atoms with E-state index in [0.717, 1.165) is 62.0 Å². The number of anilines is 6. The summed E-state index contributed by atoms with van der Waals surface area (Å²) in [5.74, 6) is 0.839. The van der Waals surface area contributed by atoms with Crippen molar-refractivity contribution in [3.63, 3.8) is 0 Å². The Morgan fingerprint density at radius 2 is 0.985 bits per heavy atom. The van der Waals surface area contributed by atoms with Crippen LogP contribution in [0.25, 0.3) is 33.3 Å². The van der Waals surface area contributed by atoms with Crippen molar-refractivity contribution in [1.29, 1.82) is 2.56 Å². The zero-order chi connectivity index (χ0) is 46.6. The summed E-state index contributed by atoms with van der Waals surface area (Å²) in [4.78, 5) is 13.1. The van der Waals surface area contributed by atoms with Gasteiger partial charge >= 0.3 is 16.6 Å². The van der Waals surface area contributed by atoms with Crippen LogP contribution in [0.15, 0.2) is 243 Å². The van der Waals surface area contributed by atoms with E-state index in [-0.39, 0.29) is 20.1 Å². The van der Waals surface area contributed by atoms with Crippen molar-refractivity contribution in [2.24, 2.45) is 0 Å². The molecule has 0 fully saturated rings. The first kappa shape index (κ1) is 45.9. The molecule has 0 amide bonds. The molecule has 0 spiro atoms. The molecule has 0 saturated heterocycles. The third-order valence-corrected chi connectivity index (χ3v) is 10.8. The summed E-state index contributed by atoms with van der Waals surface area (Å²) in [5, 5.41) is 1.11. The van der Waals surface area contributed by atoms with E-state index in [1.54, 1.807) is 12.4 Å². The molecular formula is C58H50AlIrN4OP-. The number of para-hydroxylation sites is 3. The summed E-state index contributed by atoms with van der Waals surface area (Å²) in [6.07, 6.45) is 3.56. The molecule has 0 N–H and O–H groups in total. The average Bonchev–Trinajstić information content (AvgIpc) is 3.39. The van der Waals surface area contributed by atoms with Crippen LogP contribution in [0.1, 0.15) is 11.1 Å². The molecule has 0 aliphatic carbocycles. The number of benzene rings is 8. The maximum absolute atomic E-state index is 5.90. The van der Waals surface area contributed by atoms with Crippen molar-refractivity contribution < 1.29 is 23.9 Å². The van der Waals surface area contributed by atoms with Crippen LogP contribution < -0.4 is 13.6 Å². The van der Waals surface area contributed by atoms with Gasteiger partial charge in [-0.15, -0.1) is 35.9 Å². The van der Waals surface area contributed by atoms with Crippen LogP contribution >= 0.6 is 9.79 Å². The number of hydrogen-bond donors (Lipinski definition) is 0. The van der Waals surface area contributed by atoms with Crippen molar-refractivity contribution in [2.75, 3.05) is 9.80 Å². The van der Waals surface area contributed by atoms with E-state index >= 15 is 0 Å². The van der Waals surface area contributed by atoms with Crippen LogP contribution in [0.4, 0.5) is 34.1 Å². The van der Waals surface area contributed by atoms with Gasteiger partial charge in [-0.25, -0.2) is 0 Å². The molecule has 8 aromatic carbocycles. The molecular weight excluding hydrogens is 1020 g/mol. The monoisotopic (exact) mass is 1070 g/mol. The van der Waals surface area contributed by atoms with E-state index in [0.29, 0.717) is 0 Å². The summed E-state index contributed by atoms with van der Waals surface area (Å²) in [6.45, 7) is 4.27. The second kappa shape index (κ2) is 24.6. The number of hydrogen-bond acceptors (Lipinski definition) is 5. The number of rotatable bonds is 9. The van der Waals surface area contributed by atoms with Gasteiger partial charge in [-0.2, -0.15) is 9.79 Å². The zero-order valence-corrected chi connectivity index (χ0v) is 41.6. The molecule has 10 rings (SSSR count). The quantitative estimate of drug-likeness (QED) is 0.0818. The Morgan fingerprint density at radius 1 is 0.515 bits per heavy atom. The van der Waals surface area contributed by atoms with Crippen LogP contribution in [0, 0.1) is 19.9 Å². The molecule has 10 aromatic rings. The molecule has 326 valence electrons. The molecule has 8 heteroatoms. The summed E-state index contributed by atoms with van der Waals surface area (Å²) in [5.41, 5.74) is 14.6. The molecule has 0 saturated carbocycles. The van der Waals surface area contributed by atoms with Crippen LogP contribution in [0.3, 0.4) is 0 Å². The van der Waals surface area contributed by atoms with E-state index < -0.39 is 9.79 Å².